The number of nitrogens with zero attached hydrogens (tertiary/aromatic N) is 1. The van der Waals surface area contributed by atoms with Gasteiger partial charge < -0.3 is 10.4 Å². The van der Waals surface area contributed by atoms with Gasteiger partial charge in [-0.15, -0.1) is 11.3 Å². The van der Waals surface area contributed by atoms with Crippen LogP contribution < -0.4 is 10.7 Å². The van der Waals surface area contributed by atoms with Crippen LogP contribution >= 0.6 is 23.6 Å². The average Bonchev–Trinajstić information content (AvgIpc) is 3.17. The monoisotopic (exact) mass is 463 g/mol. The van der Waals surface area contributed by atoms with Gasteiger partial charge in [0.2, 0.25) is 0 Å². The van der Waals surface area contributed by atoms with Gasteiger partial charge in [0, 0.05) is 10.4 Å². The highest BCUT2D eigenvalue weighted by molar-refractivity contribution is 7.80. The minimum Gasteiger partial charge on any atom is -0.478 e. The number of hydrogen-bond donors (Lipinski definition) is 3. The zero-order valence-corrected chi connectivity index (χ0v) is 18.8. The van der Waals surface area contributed by atoms with Crippen LogP contribution in [0.1, 0.15) is 61.2 Å². The minimum absolute atomic E-state index is 0.0502. The predicted molar refractivity (Wildman–Crippen MR) is 128 cm³/mol. The number of aryl methyl sites for hydroxylation is 1. The molecule has 1 aliphatic carbocycles. The van der Waals surface area contributed by atoms with Crippen LogP contribution in [-0.4, -0.2) is 27.1 Å². The molecule has 0 fully saturated rings. The summed E-state index contributed by atoms with van der Waals surface area (Å²) in [5.41, 5.74) is 6.44. The standard InChI is InChI=1S/C24H21N3O3S2/c28-21(15-10-4-5-11-16(15)23(29)30)26-27-20(14-8-2-1-3-9-14)19-17-12-6-7-13-18(17)32-22(19)25-24(27)31/h1-5,8-11,20H,6-7,12-13H2,(H,25,31)(H,26,28)(H,29,30). The Morgan fingerprint density at radius 1 is 1.03 bits per heavy atom. The molecule has 0 saturated carbocycles. The first-order valence-corrected chi connectivity index (χ1v) is 11.7. The van der Waals surface area contributed by atoms with Crippen LogP contribution in [0.5, 0.6) is 0 Å². The number of anilines is 1. The van der Waals surface area contributed by atoms with E-state index < -0.39 is 11.9 Å². The highest BCUT2D eigenvalue weighted by atomic mass is 32.1. The van der Waals surface area contributed by atoms with Gasteiger partial charge in [-0.3, -0.25) is 10.2 Å². The molecule has 0 bridgehead atoms. The van der Waals surface area contributed by atoms with E-state index in [-0.39, 0.29) is 17.2 Å². The predicted octanol–water partition coefficient (Wildman–Crippen LogP) is 4.77. The number of aromatic carboxylic acids is 1. The van der Waals surface area contributed by atoms with Gasteiger partial charge in [-0.25, -0.2) is 9.80 Å². The summed E-state index contributed by atoms with van der Waals surface area (Å²) < 4.78 is 0. The number of thiophene rings is 1. The molecule has 3 aromatic rings. The van der Waals surface area contributed by atoms with Crippen LogP contribution in [0.15, 0.2) is 54.6 Å². The van der Waals surface area contributed by atoms with Crippen molar-refractivity contribution < 1.29 is 14.7 Å². The number of carbonyl (C=O) groups excluding carboxylic acids is 1. The molecule has 5 rings (SSSR count). The van der Waals surface area contributed by atoms with E-state index in [4.69, 9.17) is 12.2 Å². The second-order valence-electron chi connectivity index (χ2n) is 7.86. The van der Waals surface area contributed by atoms with E-state index in [1.165, 1.54) is 29.0 Å². The van der Waals surface area contributed by atoms with Gasteiger partial charge in [-0.05, 0) is 61.2 Å². The summed E-state index contributed by atoms with van der Waals surface area (Å²) >= 11 is 7.41. The number of hydrazine groups is 1. The van der Waals surface area contributed by atoms with Crippen LogP contribution in [0.2, 0.25) is 0 Å². The number of amides is 1. The third-order valence-corrected chi connectivity index (χ3v) is 7.44. The van der Waals surface area contributed by atoms with Crippen molar-refractivity contribution in [2.45, 2.75) is 31.7 Å². The molecule has 1 aliphatic heterocycles. The number of carboxylic acid groups (broad SMARTS) is 1. The van der Waals surface area contributed by atoms with E-state index >= 15 is 0 Å². The number of nitrogens with one attached hydrogen (secondary N) is 2. The first kappa shape index (κ1) is 20.7. The largest absolute Gasteiger partial charge is 0.478 e. The summed E-state index contributed by atoms with van der Waals surface area (Å²) in [6, 6.07) is 15.8. The fourth-order valence-corrected chi connectivity index (χ4v) is 6.12. The van der Waals surface area contributed by atoms with E-state index in [0.29, 0.717) is 5.11 Å². The molecule has 1 atom stereocenters. The van der Waals surface area contributed by atoms with Crippen molar-refractivity contribution in [1.29, 1.82) is 0 Å². The molecule has 162 valence electrons. The molecular formula is C24H21N3O3S2. The van der Waals surface area contributed by atoms with Crippen molar-refractivity contribution in [3.63, 3.8) is 0 Å². The van der Waals surface area contributed by atoms with Crippen molar-refractivity contribution in [3.05, 3.63) is 87.3 Å². The van der Waals surface area contributed by atoms with Crippen LogP contribution in [-0.2, 0) is 12.8 Å². The summed E-state index contributed by atoms with van der Waals surface area (Å²) in [5.74, 6) is -1.66. The lowest BCUT2D eigenvalue weighted by Gasteiger charge is -2.39. The molecule has 2 aliphatic rings. The normalized spacial score (nSPS) is 17.2. The Hall–Kier alpha value is -3.23. The summed E-state index contributed by atoms with van der Waals surface area (Å²) in [6.07, 6.45) is 4.38. The number of fused-ring (bicyclic) bond motifs is 3. The van der Waals surface area contributed by atoms with Crippen molar-refractivity contribution in [2.75, 3.05) is 5.32 Å². The molecular weight excluding hydrogens is 442 g/mol. The molecule has 8 heteroatoms. The molecule has 3 N–H and O–H groups in total. The maximum atomic E-state index is 13.2. The number of benzene rings is 2. The molecule has 1 unspecified atom stereocenters. The van der Waals surface area contributed by atoms with Gasteiger partial charge in [-0.2, -0.15) is 0 Å². The third-order valence-electron chi connectivity index (χ3n) is 5.92. The van der Waals surface area contributed by atoms with Crippen molar-refractivity contribution in [2.24, 2.45) is 0 Å². The molecule has 2 heterocycles. The van der Waals surface area contributed by atoms with E-state index in [1.807, 2.05) is 30.3 Å². The zero-order chi connectivity index (χ0) is 22.2. The minimum atomic E-state index is -1.15. The number of rotatable bonds is 4. The molecule has 0 spiro atoms. The number of carbonyl (C=O) groups is 2. The molecule has 6 nitrogen and oxygen atoms in total. The first-order chi connectivity index (χ1) is 15.5. The molecule has 1 amide bonds. The summed E-state index contributed by atoms with van der Waals surface area (Å²) in [5, 5.41) is 15.9. The first-order valence-electron chi connectivity index (χ1n) is 10.5. The quantitative estimate of drug-likeness (QED) is 0.484. The lowest BCUT2D eigenvalue weighted by molar-refractivity contribution is 0.0687. The Bertz CT molecular complexity index is 1220. The molecule has 0 radical (unpaired) electrons. The smallest absolute Gasteiger partial charge is 0.336 e. The summed E-state index contributed by atoms with van der Waals surface area (Å²) in [6.45, 7) is 0. The van der Waals surface area contributed by atoms with Crippen molar-refractivity contribution in [3.8, 4) is 0 Å². The second kappa shape index (κ2) is 8.37. The van der Waals surface area contributed by atoms with Crippen molar-refractivity contribution >= 4 is 45.5 Å². The Morgan fingerprint density at radius 3 is 2.47 bits per heavy atom. The molecule has 0 saturated heterocycles. The zero-order valence-electron chi connectivity index (χ0n) is 17.1. The van der Waals surface area contributed by atoms with Gasteiger partial charge >= 0.3 is 5.97 Å². The van der Waals surface area contributed by atoms with Gasteiger partial charge in [0.1, 0.15) is 11.0 Å². The lowest BCUT2D eigenvalue weighted by Crippen LogP contribution is -2.52. The van der Waals surface area contributed by atoms with Crippen LogP contribution in [0, 0.1) is 0 Å². The molecule has 32 heavy (non-hydrogen) atoms. The average molecular weight is 464 g/mol. The van der Waals surface area contributed by atoms with E-state index in [9.17, 15) is 14.7 Å². The SMILES string of the molecule is O=C(O)c1ccccc1C(=O)NN1C(=S)Nc2sc3c(c2C1c1ccccc1)CCCC3. The molecule has 2 aromatic carbocycles. The Labute approximate surface area is 194 Å². The summed E-state index contributed by atoms with van der Waals surface area (Å²) in [4.78, 5) is 26.2. The maximum absolute atomic E-state index is 13.2. The third kappa shape index (κ3) is 3.55. The molecule has 1 aromatic heterocycles. The summed E-state index contributed by atoms with van der Waals surface area (Å²) in [7, 11) is 0. The van der Waals surface area contributed by atoms with Crippen LogP contribution in [0.25, 0.3) is 0 Å². The fraction of sp³-hybridized carbons (Fsp3) is 0.208. The van der Waals surface area contributed by atoms with E-state index in [2.05, 4.69) is 10.7 Å². The van der Waals surface area contributed by atoms with Crippen LogP contribution in [0.4, 0.5) is 5.00 Å². The van der Waals surface area contributed by atoms with Crippen molar-refractivity contribution in [1.82, 2.24) is 10.4 Å². The second-order valence-corrected chi connectivity index (χ2v) is 9.35. The van der Waals surface area contributed by atoms with Gasteiger partial charge in [-0.1, -0.05) is 42.5 Å². The van der Waals surface area contributed by atoms with Crippen LogP contribution in [0.3, 0.4) is 0 Å². The lowest BCUT2D eigenvalue weighted by atomic mass is 9.89. The van der Waals surface area contributed by atoms with E-state index in [0.717, 1.165) is 35.4 Å². The number of thiocarbonyl (C=S) groups is 1. The Kier molecular flexibility index (Phi) is 5.40. The topological polar surface area (TPSA) is 81.7 Å². The highest BCUT2D eigenvalue weighted by Crippen LogP contribution is 2.47. The van der Waals surface area contributed by atoms with Gasteiger partial charge in [0.15, 0.2) is 5.11 Å². The van der Waals surface area contributed by atoms with Gasteiger partial charge in [0.05, 0.1) is 11.1 Å². The van der Waals surface area contributed by atoms with Gasteiger partial charge in [0.25, 0.3) is 5.91 Å². The maximum Gasteiger partial charge on any atom is 0.336 e. The Balaban J connectivity index is 1.59. The van der Waals surface area contributed by atoms with E-state index in [1.54, 1.807) is 28.5 Å². The number of hydrogen-bond acceptors (Lipinski definition) is 4. The highest BCUT2D eigenvalue weighted by Gasteiger charge is 2.38. The number of carboxylic acids is 1. The fourth-order valence-electron chi connectivity index (χ4n) is 4.48. The Morgan fingerprint density at radius 2 is 1.72 bits per heavy atom.